The fraction of sp³-hybridized carbons (Fsp3) is 0.289. The Morgan fingerprint density at radius 3 is 2.36 bits per heavy atom. The van der Waals surface area contributed by atoms with Crippen LogP contribution in [-0.4, -0.2) is 28.0 Å². The van der Waals surface area contributed by atoms with Gasteiger partial charge in [0.05, 0.1) is 29.0 Å². The molecule has 1 saturated heterocycles. The Bertz CT molecular complexity index is 1620. The maximum Gasteiger partial charge on any atom is 0.123 e. The molecule has 0 aliphatic carbocycles. The van der Waals surface area contributed by atoms with Crippen molar-refractivity contribution in [2.24, 2.45) is 5.92 Å². The largest absolute Gasteiger partial charge is 0.358 e. The summed E-state index contributed by atoms with van der Waals surface area (Å²) in [6, 6.07) is 14.3. The van der Waals surface area contributed by atoms with E-state index < -0.39 is 0 Å². The number of rotatable bonds is 10. The summed E-state index contributed by atoms with van der Waals surface area (Å²) in [5, 5.41) is 10.3. The molecule has 45 heavy (non-hydrogen) atoms. The Morgan fingerprint density at radius 2 is 1.64 bits per heavy atom. The number of benzene rings is 1. The molecule has 3 N–H and O–H groups in total. The number of hydrogen-bond acceptors (Lipinski definition) is 6. The van der Waals surface area contributed by atoms with Crippen molar-refractivity contribution < 1.29 is 4.39 Å². The summed E-state index contributed by atoms with van der Waals surface area (Å²) >= 11 is 0. The molecular formula is C38H47FN6. The highest BCUT2D eigenvalue weighted by Crippen LogP contribution is 2.31. The second-order valence-corrected chi connectivity index (χ2v) is 10.9. The molecule has 1 fully saturated rings. The minimum Gasteiger partial charge on any atom is -0.358 e. The first-order valence-electron chi connectivity index (χ1n) is 15.2. The normalized spacial score (nSPS) is 12.6. The molecule has 0 spiro atoms. The third-order valence-electron chi connectivity index (χ3n) is 7.70. The average molecular weight is 607 g/mol. The molecule has 3 aromatic heterocycles. The number of nitrogens with one attached hydrogen (secondary N) is 3. The van der Waals surface area contributed by atoms with Gasteiger partial charge in [-0.1, -0.05) is 47.1 Å². The fourth-order valence-corrected chi connectivity index (χ4v) is 5.28. The van der Waals surface area contributed by atoms with E-state index in [9.17, 15) is 4.39 Å². The lowest BCUT2D eigenvalue weighted by molar-refractivity contribution is 0.373. The van der Waals surface area contributed by atoms with Crippen LogP contribution >= 0.6 is 0 Å². The Balaban J connectivity index is 0.00000180. The third kappa shape index (κ3) is 8.96. The molecule has 1 aliphatic rings. The highest BCUT2D eigenvalue weighted by Gasteiger charge is 2.16. The van der Waals surface area contributed by atoms with Crippen molar-refractivity contribution in [1.82, 2.24) is 20.3 Å². The van der Waals surface area contributed by atoms with Crippen LogP contribution < -0.4 is 16.0 Å². The Kier molecular flexibility index (Phi) is 12.7. The maximum atomic E-state index is 13.5. The topological polar surface area (TPSA) is 74.8 Å². The van der Waals surface area contributed by atoms with E-state index in [0.717, 1.165) is 75.9 Å². The van der Waals surface area contributed by atoms with Gasteiger partial charge in [-0.15, -0.1) is 0 Å². The van der Waals surface area contributed by atoms with Gasteiger partial charge < -0.3 is 16.0 Å². The molecule has 0 atom stereocenters. The number of aryl methyl sites for hydroxylation is 1. The molecule has 1 aromatic carbocycles. The van der Waals surface area contributed by atoms with Crippen LogP contribution in [0.5, 0.6) is 0 Å². The van der Waals surface area contributed by atoms with Crippen molar-refractivity contribution in [1.29, 1.82) is 0 Å². The summed E-state index contributed by atoms with van der Waals surface area (Å²) in [7, 11) is 0. The minimum absolute atomic E-state index is 0. The van der Waals surface area contributed by atoms with Gasteiger partial charge >= 0.3 is 0 Å². The summed E-state index contributed by atoms with van der Waals surface area (Å²) in [6.07, 6.45) is 8.66. The molecule has 0 radical (unpaired) electrons. The van der Waals surface area contributed by atoms with Gasteiger partial charge in [0, 0.05) is 46.2 Å². The molecule has 0 amide bonds. The lowest BCUT2D eigenvalue weighted by Crippen LogP contribution is -2.28. The van der Waals surface area contributed by atoms with Crippen molar-refractivity contribution in [3.05, 3.63) is 121 Å². The predicted octanol–water partition coefficient (Wildman–Crippen LogP) is 9.58. The summed E-state index contributed by atoms with van der Waals surface area (Å²) in [5.74, 6) is 0.374. The zero-order valence-corrected chi connectivity index (χ0v) is 26.3. The molecule has 236 valence electrons. The number of hydrogen-bond donors (Lipinski definition) is 3. The van der Waals surface area contributed by atoms with Crippen LogP contribution in [-0.2, 0) is 0 Å². The van der Waals surface area contributed by atoms with Gasteiger partial charge in [0.1, 0.15) is 5.82 Å². The van der Waals surface area contributed by atoms with Crippen LogP contribution in [0, 0.1) is 25.6 Å². The van der Waals surface area contributed by atoms with Crippen molar-refractivity contribution in [2.45, 2.75) is 54.4 Å². The Hall–Kier alpha value is -4.62. The fourth-order valence-electron chi connectivity index (χ4n) is 5.28. The van der Waals surface area contributed by atoms with E-state index in [1.165, 1.54) is 25.0 Å². The molecule has 0 unspecified atom stereocenters. The van der Waals surface area contributed by atoms with E-state index in [1.54, 1.807) is 18.3 Å². The number of aromatic nitrogens is 3. The molecular weight excluding hydrogens is 559 g/mol. The van der Waals surface area contributed by atoms with E-state index in [-0.39, 0.29) is 13.2 Å². The van der Waals surface area contributed by atoms with Gasteiger partial charge in [0.25, 0.3) is 0 Å². The molecule has 5 rings (SSSR count). The molecule has 1 aliphatic heterocycles. The monoisotopic (exact) mass is 606 g/mol. The summed E-state index contributed by atoms with van der Waals surface area (Å²) in [6.45, 7) is 23.0. The summed E-state index contributed by atoms with van der Waals surface area (Å²) < 4.78 is 13.5. The molecule has 4 aromatic rings. The molecule has 4 heterocycles. The molecule has 0 bridgehead atoms. The average Bonchev–Trinajstić information content (AvgIpc) is 3.04. The van der Waals surface area contributed by atoms with Crippen LogP contribution in [0.1, 0.15) is 57.4 Å². The number of allylic oxidation sites excluding steroid dienone is 2. The lowest BCUT2D eigenvalue weighted by Gasteiger charge is -2.23. The van der Waals surface area contributed by atoms with Crippen LogP contribution in [0.2, 0.25) is 0 Å². The first-order chi connectivity index (χ1) is 21.3. The van der Waals surface area contributed by atoms with Gasteiger partial charge in [-0.2, -0.15) is 0 Å². The van der Waals surface area contributed by atoms with E-state index in [0.29, 0.717) is 17.2 Å². The SMILES string of the molecule is C.C=C(CC1CCNCC1)Nc1cncc(-c2ccc(C)c(C(=C)C(=C)Nc3ccnc(-c4ccc(F)cc4)c3C)n2)c1.CC. The minimum atomic E-state index is -0.280. The van der Waals surface area contributed by atoms with E-state index in [2.05, 4.69) is 51.7 Å². The first-order valence-corrected chi connectivity index (χ1v) is 15.2. The summed E-state index contributed by atoms with van der Waals surface area (Å²) in [5.41, 5.74) is 10.0. The van der Waals surface area contributed by atoms with Gasteiger partial charge in [-0.3, -0.25) is 9.97 Å². The zero-order chi connectivity index (χ0) is 31.6. The van der Waals surface area contributed by atoms with Gasteiger partial charge in [0.15, 0.2) is 0 Å². The van der Waals surface area contributed by atoms with Crippen molar-refractivity contribution in [3.63, 3.8) is 0 Å². The lowest BCUT2D eigenvalue weighted by atomic mass is 9.93. The summed E-state index contributed by atoms with van der Waals surface area (Å²) in [4.78, 5) is 13.9. The molecule has 6 nitrogen and oxygen atoms in total. The van der Waals surface area contributed by atoms with Crippen molar-refractivity contribution in [2.75, 3.05) is 23.7 Å². The maximum absolute atomic E-state index is 13.5. The van der Waals surface area contributed by atoms with E-state index in [1.807, 2.05) is 58.3 Å². The second-order valence-electron chi connectivity index (χ2n) is 10.9. The third-order valence-corrected chi connectivity index (χ3v) is 7.70. The van der Waals surface area contributed by atoms with Crippen molar-refractivity contribution in [3.8, 4) is 22.5 Å². The number of halogens is 1. The van der Waals surface area contributed by atoms with E-state index in [4.69, 9.17) is 4.98 Å². The quantitative estimate of drug-likeness (QED) is 0.156. The highest BCUT2D eigenvalue weighted by atomic mass is 19.1. The number of anilines is 2. The van der Waals surface area contributed by atoms with Crippen LogP contribution in [0.15, 0.2) is 98.3 Å². The second kappa shape index (κ2) is 16.5. The highest BCUT2D eigenvalue weighted by molar-refractivity contribution is 5.82. The standard InChI is InChI=1S/C35H37FN6.C2H6.CH4/c1-22-6-11-33(29-19-31(21-38-20-29)40-23(2)18-27-12-15-37-16-13-27)42-34(22)24(3)26(5)41-32-14-17-39-35(25(32)4)28-7-9-30(36)10-8-28;1-2;/h6-11,14,17,19-21,27,37,40H,2-3,5,12-13,15-16,18H2,1,4H3,(H,39,41);1-2H3;1H4. The number of nitrogens with zero attached hydrogens (tertiary/aromatic N) is 3. The van der Waals surface area contributed by atoms with Crippen molar-refractivity contribution >= 4 is 16.9 Å². The molecule has 0 saturated carbocycles. The Labute approximate surface area is 268 Å². The number of piperidine rings is 1. The Morgan fingerprint density at radius 1 is 0.933 bits per heavy atom. The zero-order valence-electron chi connectivity index (χ0n) is 26.3. The van der Waals surface area contributed by atoms with Gasteiger partial charge in [-0.25, -0.2) is 9.37 Å². The first kappa shape index (κ1) is 34.9. The smallest absolute Gasteiger partial charge is 0.123 e. The predicted molar refractivity (Wildman–Crippen MR) is 189 cm³/mol. The van der Waals surface area contributed by atoms with Gasteiger partial charge in [0.2, 0.25) is 0 Å². The van der Waals surface area contributed by atoms with E-state index >= 15 is 0 Å². The van der Waals surface area contributed by atoms with Crippen LogP contribution in [0.25, 0.3) is 28.1 Å². The molecule has 7 heteroatoms. The van der Waals surface area contributed by atoms with Crippen LogP contribution in [0.3, 0.4) is 0 Å². The van der Waals surface area contributed by atoms with Gasteiger partial charge in [-0.05, 0) is 106 Å². The number of pyridine rings is 3. The van der Waals surface area contributed by atoms with Crippen LogP contribution in [0.4, 0.5) is 15.8 Å².